The normalized spacial score (nSPS) is 11.2. The van der Waals surface area contributed by atoms with E-state index < -0.39 is 5.41 Å². The fourth-order valence-corrected chi connectivity index (χ4v) is 3.55. The molecule has 0 radical (unpaired) electrons. The lowest BCUT2D eigenvalue weighted by molar-refractivity contribution is 0.687. The number of hydrogen-bond donors (Lipinski definition) is 4. The zero-order valence-electron chi connectivity index (χ0n) is 18.2. The van der Waals surface area contributed by atoms with Crippen LogP contribution >= 0.6 is 0 Å². The number of benzene rings is 2. The Hall–Kier alpha value is -4.64. The minimum Gasteiger partial charge on any atom is -0.383 e. The minimum atomic E-state index is -0.630. The van der Waals surface area contributed by atoms with Crippen molar-refractivity contribution in [3.63, 3.8) is 0 Å². The van der Waals surface area contributed by atoms with E-state index in [0.29, 0.717) is 22.2 Å². The van der Waals surface area contributed by atoms with Crippen LogP contribution in [0.1, 0.15) is 30.5 Å². The summed E-state index contributed by atoms with van der Waals surface area (Å²) >= 11 is 0. The third kappa shape index (κ3) is 3.88. The number of rotatable bonds is 4. The Kier molecular flexibility index (Phi) is 5.32. The molecule has 0 fully saturated rings. The van der Waals surface area contributed by atoms with E-state index >= 15 is 0 Å². The maximum absolute atomic E-state index is 9.37. The molecule has 2 heterocycles. The van der Waals surface area contributed by atoms with Crippen molar-refractivity contribution < 1.29 is 0 Å². The molecule has 5 N–H and O–H groups in total. The van der Waals surface area contributed by atoms with Gasteiger partial charge in [0.2, 0.25) is 0 Å². The Bertz CT molecular complexity index is 1500. The molecule has 0 aliphatic heterocycles. The molecular formula is C25H22N8. The van der Waals surface area contributed by atoms with Crippen LogP contribution in [0.4, 0.5) is 5.82 Å². The van der Waals surface area contributed by atoms with Gasteiger partial charge in [0.25, 0.3) is 0 Å². The number of nitrogens with two attached hydrogens (primary N) is 1. The highest BCUT2D eigenvalue weighted by molar-refractivity contribution is 6.03. The predicted molar refractivity (Wildman–Crippen MR) is 128 cm³/mol. The highest BCUT2D eigenvalue weighted by Crippen LogP contribution is 2.26. The summed E-state index contributed by atoms with van der Waals surface area (Å²) in [6, 6.07) is 16.9. The van der Waals surface area contributed by atoms with E-state index in [1.54, 1.807) is 24.4 Å². The second kappa shape index (κ2) is 8.13. The summed E-state index contributed by atoms with van der Waals surface area (Å²) < 4.78 is 1.53. The fraction of sp³-hybridized carbons (Fsp3) is 0.120. The van der Waals surface area contributed by atoms with Crippen molar-refractivity contribution in [2.24, 2.45) is 0 Å². The molecule has 2 aromatic carbocycles. The lowest BCUT2D eigenvalue weighted by atomic mass is 9.86. The molecule has 4 rings (SSSR count). The largest absolute Gasteiger partial charge is 0.383 e. The van der Waals surface area contributed by atoms with E-state index in [9.17, 15) is 5.26 Å². The first kappa shape index (κ1) is 21.6. The molecule has 162 valence electrons. The van der Waals surface area contributed by atoms with Crippen molar-refractivity contribution in [2.45, 2.75) is 19.3 Å². The molecule has 0 aliphatic carbocycles. The maximum Gasteiger partial charge on any atom is 0.149 e. The number of aromatic nitrogens is 3. The van der Waals surface area contributed by atoms with Crippen LogP contribution in [-0.4, -0.2) is 26.6 Å². The standard InChI is InChI=1S/C25H22N8/c1-25(2,14-27)19-6-3-15(4-7-19)24(30)33-21-10-16(5-8-20(21)31-13-22(33)28)18-9-17(11-26)23(29)32-12-18/h3-13,26,28,30H,1-2H3,(H2,29,32). The number of fused-ring (bicyclic) bond motifs is 1. The van der Waals surface area contributed by atoms with E-state index in [4.69, 9.17) is 22.0 Å². The Balaban J connectivity index is 1.84. The Morgan fingerprint density at radius 3 is 2.45 bits per heavy atom. The van der Waals surface area contributed by atoms with Gasteiger partial charge < -0.3 is 11.1 Å². The number of nitrogens with zero attached hydrogens (tertiary/aromatic N) is 4. The highest BCUT2D eigenvalue weighted by Gasteiger charge is 2.20. The van der Waals surface area contributed by atoms with Gasteiger partial charge in [-0.05, 0) is 43.2 Å². The summed E-state index contributed by atoms with van der Waals surface area (Å²) in [5.74, 6) is 0.408. The van der Waals surface area contributed by atoms with Gasteiger partial charge in [0, 0.05) is 29.1 Å². The molecule has 0 spiro atoms. The Morgan fingerprint density at radius 2 is 1.79 bits per heavy atom. The van der Waals surface area contributed by atoms with Gasteiger partial charge in [-0.2, -0.15) is 5.26 Å². The van der Waals surface area contributed by atoms with Crippen LogP contribution in [-0.2, 0) is 5.41 Å². The van der Waals surface area contributed by atoms with Gasteiger partial charge in [-0.15, -0.1) is 0 Å². The van der Waals surface area contributed by atoms with E-state index in [-0.39, 0.29) is 17.1 Å². The van der Waals surface area contributed by atoms with Crippen LogP contribution in [0.3, 0.4) is 0 Å². The molecule has 0 bridgehead atoms. The molecule has 33 heavy (non-hydrogen) atoms. The van der Waals surface area contributed by atoms with Crippen LogP contribution in [0.2, 0.25) is 0 Å². The van der Waals surface area contributed by atoms with Crippen molar-refractivity contribution in [1.82, 2.24) is 14.5 Å². The lowest BCUT2D eigenvalue weighted by Gasteiger charge is -2.17. The quantitative estimate of drug-likeness (QED) is 0.285. The minimum absolute atomic E-state index is 0.0710. The number of nitrogens with one attached hydrogen (secondary N) is 3. The van der Waals surface area contributed by atoms with E-state index in [0.717, 1.165) is 22.9 Å². The molecule has 8 heteroatoms. The predicted octanol–water partition coefficient (Wildman–Crippen LogP) is 3.83. The second-order valence-electron chi connectivity index (χ2n) is 8.19. The lowest BCUT2D eigenvalue weighted by Crippen LogP contribution is -2.28. The molecule has 0 aliphatic rings. The van der Waals surface area contributed by atoms with Crippen molar-refractivity contribution in [3.05, 3.63) is 83.1 Å². The smallest absolute Gasteiger partial charge is 0.149 e. The van der Waals surface area contributed by atoms with Crippen LogP contribution in [0.25, 0.3) is 22.2 Å². The van der Waals surface area contributed by atoms with Crippen LogP contribution in [0, 0.1) is 27.6 Å². The monoisotopic (exact) mass is 434 g/mol. The molecule has 8 nitrogen and oxygen atoms in total. The third-order valence-corrected chi connectivity index (χ3v) is 5.60. The SMILES string of the molecule is CC(C)(C#N)c1ccc(C(=N)n2c(=N)cnc3ccc(-c4cnc(N)c(C=N)c4)cc32)cc1. The highest BCUT2D eigenvalue weighted by atomic mass is 15.1. The first-order valence-corrected chi connectivity index (χ1v) is 10.2. The van der Waals surface area contributed by atoms with Crippen molar-refractivity contribution in [3.8, 4) is 17.2 Å². The van der Waals surface area contributed by atoms with Crippen molar-refractivity contribution >= 4 is 28.9 Å². The average molecular weight is 435 g/mol. The molecule has 0 saturated heterocycles. The van der Waals surface area contributed by atoms with Crippen LogP contribution in [0.5, 0.6) is 0 Å². The van der Waals surface area contributed by atoms with Gasteiger partial charge in [0.1, 0.15) is 17.1 Å². The Labute approximate surface area is 190 Å². The molecule has 0 saturated carbocycles. The Morgan fingerprint density at radius 1 is 1.06 bits per heavy atom. The first-order valence-electron chi connectivity index (χ1n) is 10.2. The van der Waals surface area contributed by atoms with Gasteiger partial charge in [-0.1, -0.05) is 30.3 Å². The summed E-state index contributed by atoms with van der Waals surface area (Å²) in [5.41, 5.74) is 10.0. The van der Waals surface area contributed by atoms with Crippen LogP contribution in [0.15, 0.2) is 60.9 Å². The summed E-state index contributed by atoms with van der Waals surface area (Å²) in [6.07, 6.45) is 4.21. The van der Waals surface area contributed by atoms with E-state index in [1.165, 1.54) is 10.8 Å². The van der Waals surface area contributed by atoms with Gasteiger partial charge in [-0.3, -0.25) is 20.4 Å². The number of pyridine rings is 1. The fourth-order valence-electron chi connectivity index (χ4n) is 3.55. The maximum atomic E-state index is 9.37. The number of nitriles is 1. The molecule has 4 aromatic rings. The summed E-state index contributed by atoms with van der Waals surface area (Å²) in [6.45, 7) is 3.69. The summed E-state index contributed by atoms with van der Waals surface area (Å²) in [5, 5.41) is 34.2. The van der Waals surface area contributed by atoms with Gasteiger partial charge in [-0.25, -0.2) is 4.98 Å². The number of nitrogen functional groups attached to an aromatic ring is 1. The summed E-state index contributed by atoms with van der Waals surface area (Å²) in [7, 11) is 0. The summed E-state index contributed by atoms with van der Waals surface area (Å²) in [4.78, 5) is 8.51. The van der Waals surface area contributed by atoms with E-state index in [1.807, 2.05) is 44.2 Å². The molecule has 0 amide bonds. The molecule has 0 unspecified atom stereocenters. The zero-order chi connectivity index (χ0) is 23.8. The van der Waals surface area contributed by atoms with Gasteiger partial charge in [0.15, 0.2) is 0 Å². The van der Waals surface area contributed by atoms with Gasteiger partial charge in [0.05, 0.1) is 28.7 Å². The van der Waals surface area contributed by atoms with E-state index in [2.05, 4.69) is 16.0 Å². The van der Waals surface area contributed by atoms with Gasteiger partial charge >= 0.3 is 0 Å². The van der Waals surface area contributed by atoms with Crippen LogP contribution < -0.4 is 11.2 Å². The third-order valence-electron chi connectivity index (χ3n) is 5.60. The molecular weight excluding hydrogens is 412 g/mol. The van der Waals surface area contributed by atoms with Crippen molar-refractivity contribution in [1.29, 1.82) is 21.5 Å². The first-order chi connectivity index (χ1) is 15.7. The zero-order valence-corrected chi connectivity index (χ0v) is 18.2. The number of hydrogen-bond acceptors (Lipinski definition) is 7. The molecule has 0 atom stereocenters. The number of anilines is 1. The second-order valence-corrected chi connectivity index (χ2v) is 8.19. The average Bonchev–Trinajstić information content (AvgIpc) is 2.83. The van der Waals surface area contributed by atoms with Crippen molar-refractivity contribution in [2.75, 3.05) is 5.73 Å². The molecule has 2 aromatic heterocycles. The topological polar surface area (TPSA) is 152 Å².